The van der Waals surface area contributed by atoms with Crippen LogP contribution in [0.15, 0.2) is 18.3 Å². The molecule has 1 aliphatic carbocycles. The van der Waals surface area contributed by atoms with Crippen molar-refractivity contribution in [1.82, 2.24) is 10.3 Å². The summed E-state index contributed by atoms with van der Waals surface area (Å²) in [6, 6.07) is 3.08. The molecule has 1 aromatic heterocycles. The highest BCUT2D eigenvalue weighted by Gasteiger charge is 2.16. The lowest BCUT2D eigenvalue weighted by Gasteiger charge is -2.16. The Morgan fingerprint density at radius 3 is 2.37 bits per heavy atom. The highest BCUT2D eigenvalue weighted by molar-refractivity contribution is 5.95. The van der Waals surface area contributed by atoms with E-state index in [1.807, 2.05) is 0 Å². The van der Waals surface area contributed by atoms with Crippen LogP contribution in [0.2, 0.25) is 0 Å². The van der Waals surface area contributed by atoms with Gasteiger partial charge in [-0.15, -0.1) is 0 Å². The minimum atomic E-state index is -1.09. The van der Waals surface area contributed by atoms with Gasteiger partial charge in [0.05, 0.1) is 5.56 Å². The smallest absolute Gasteiger partial charge is 0.354 e. The number of hydrogen-bond donors (Lipinski definition) is 2. The molecule has 5 nitrogen and oxygen atoms in total. The van der Waals surface area contributed by atoms with Crippen molar-refractivity contribution >= 4 is 11.9 Å². The van der Waals surface area contributed by atoms with E-state index in [1.165, 1.54) is 31.2 Å². The van der Waals surface area contributed by atoms with Crippen LogP contribution in [0.5, 0.6) is 0 Å². The molecule has 1 aliphatic rings. The molecule has 1 heterocycles. The Hall–Kier alpha value is -1.91. The zero-order valence-electron chi connectivity index (χ0n) is 10.8. The predicted octanol–water partition coefficient (Wildman–Crippen LogP) is 2.23. The van der Waals surface area contributed by atoms with Crippen molar-refractivity contribution in [3.05, 3.63) is 29.6 Å². The van der Waals surface area contributed by atoms with Gasteiger partial charge < -0.3 is 10.4 Å². The van der Waals surface area contributed by atoms with Crippen LogP contribution in [0.1, 0.15) is 59.4 Å². The number of pyridine rings is 1. The average Bonchev–Trinajstić information content (AvgIpc) is 2.67. The summed E-state index contributed by atoms with van der Waals surface area (Å²) < 4.78 is 0. The molecule has 1 aromatic rings. The minimum absolute atomic E-state index is 0.0500. The van der Waals surface area contributed by atoms with Gasteiger partial charge in [-0.05, 0) is 25.0 Å². The van der Waals surface area contributed by atoms with E-state index in [-0.39, 0.29) is 17.6 Å². The van der Waals surface area contributed by atoms with Crippen LogP contribution >= 0.6 is 0 Å². The summed E-state index contributed by atoms with van der Waals surface area (Å²) in [6.07, 6.45) is 8.14. The summed E-state index contributed by atoms with van der Waals surface area (Å²) in [5.74, 6) is -1.26. The third kappa shape index (κ3) is 3.77. The Bertz CT molecular complexity index is 448. The van der Waals surface area contributed by atoms with E-state index in [4.69, 9.17) is 5.11 Å². The second-order valence-corrected chi connectivity index (χ2v) is 4.90. The Morgan fingerprint density at radius 2 is 1.84 bits per heavy atom. The summed E-state index contributed by atoms with van der Waals surface area (Å²) in [7, 11) is 0. The second kappa shape index (κ2) is 6.31. The molecule has 0 bridgehead atoms. The molecule has 0 aliphatic heterocycles. The molecule has 0 aromatic carbocycles. The molecule has 2 N–H and O–H groups in total. The molecule has 0 atom stereocenters. The summed E-state index contributed by atoms with van der Waals surface area (Å²) >= 11 is 0. The van der Waals surface area contributed by atoms with E-state index < -0.39 is 5.97 Å². The van der Waals surface area contributed by atoms with Gasteiger partial charge in [0.2, 0.25) is 0 Å². The molecule has 1 saturated carbocycles. The molecule has 1 fully saturated rings. The van der Waals surface area contributed by atoms with Crippen molar-refractivity contribution in [3.8, 4) is 0 Å². The lowest BCUT2D eigenvalue weighted by molar-refractivity contribution is 0.0689. The van der Waals surface area contributed by atoms with Crippen LogP contribution in [0.25, 0.3) is 0 Å². The van der Waals surface area contributed by atoms with E-state index in [0.29, 0.717) is 5.56 Å². The molecule has 0 radical (unpaired) electrons. The second-order valence-electron chi connectivity index (χ2n) is 4.90. The number of carboxylic acids is 1. The first-order valence-corrected chi connectivity index (χ1v) is 6.67. The van der Waals surface area contributed by atoms with Gasteiger partial charge in [0, 0.05) is 12.2 Å². The first-order valence-electron chi connectivity index (χ1n) is 6.67. The fourth-order valence-corrected chi connectivity index (χ4v) is 2.35. The quantitative estimate of drug-likeness (QED) is 0.819. The van der Waals surface area contributed by atoms with E-state index in [0.717, 1.165) is 25.7 Å². The van der Waals surface area contributed by atoms with Crippen LogP contribution in [0, 0.1) is 0 Å². The Labute approximate surface area is 112 Å². The molecule has 19 heavy (non-hydrogen) atoms. The highest BCUT2D eigenvalue weighted by atomic mass is 16.4. The number of carbonyl (C=O) groups excluding carboxylic acids is 1. The number of nitrogens with zero attached hydrogens (tertiary/aromatic N) is 1. The first-order chi connectivity index (χ1) is 9.16. The highest BCUT2D eigenvalue weighted by Crippen LogP contribution is 2.17. The van der Waals surface area contributed by atoms with E-state index >= 15 is 0 Å². The van der Waals surface area contributed by atoms with Crippen molar-refractivity contribution in [1.29, 1.82) is 0 Å². The molecule has 1 amide bonds. The Balaban J connectivity index is 1.96. The molecule has 102 valence electrons. The summed E-state index contributed by atoms with van der Waals surface area (Å²) in [5.41, 5.74) is 0.361. The van der Waals surface area contributed by atoms with Crippen molar-refractivity contribution in [3.63, 3.8) is 0 Å². The molecule has 2 rings (SSSR count). The van der Waals surface area contributed by atoms with Crippen LogP contribution in [0.3, 0.4) is 0 Å². The SMILES string of the molecule is O=C(NC1CCCCCC1)c1ccc(C(=O)O)nc1. The van der Waals surface area contributed by atoms with E-state index in [1.54, 1.807) is 0 Å². The zero-order valence-corrected chi connectivity index (χ0v) is 10.8. The summed E-state index contributed by atoms with van der Waals surface area (Å²) in [6.45, 7) is 0. The fraction of sp³-hybridized carbons (Fsp3) is 0.500. The van der Waals surface area contributed by atoms with Gasteiger partial charge >= 0.3 is 5.97 Å². The number of carboxylic acid groups (broad SMARTS) is 1. The largest absolute Gasteiger partial charge is 0.477 e. The van der Waals surface area contributed by atoms with Crippen molar-refractivity contribution < 1.29 is 14.7 Å². The molecule has 0 spiro atoms. The minimum Gasteiger partial charge on any atom is -0.477 e. The molecular weight excluding hydrogens is 244 g/mol. The lowest BCUT2D eigenvalue weighted by atomic mass is 10.1. The number of aromatic carboxylic acids is 1. The van der Waals surface area contributed by atoms with Gasteiger partial charge in [-0.1, -0.05) is 25.7 Å². The van der Waals surface area contributed by atoms with Crippen LogP contribution in [-0.4, -0.2) is 28.0 Å². The molecule has 5 heteroatoms. The maximum atomic E-state index is 12.0. The number of rotatable bonds is 3. The maximum absolute atomic E-state index is 12.0. The van der Waals surface area contributed by atoms with Crippen molar-refractivity contribution in [2.45, 2.75) is 44.6 Å². The Morgan fingerprint density at radius 1 is 1.16 bits per heavy atom. The topological polar surface area (TPSA) is 79.3 Å². The van der Waals surface area contributed by atoms with Crippen LogP contribution in [-0.2, 0) is 0 Å². The van der Waals surface area contributed by atoms with Gasteiger partial charge in [-0.25, -0.2) is 9.78 Å². The summed E-state index contributed by atoms with van der Waals surface area (Å²) in [5, 5.41) is 11.7. The number of amides is 1. The summed E-state index contributed by atoms with van der Waals surface area (Å²) in [4.78, 5) is 26.4. The zero-order chi connectivity index (χ0) is 13.7. The van der Waals surface area contributed by atoms with Crippen molar-refractivity contribution in [2.75, 3.05) is 0 Å². The van der Waals surface area contributed by atoms with Crippen LogP contribution in [0.4, 0.5) is 0 Å². The van der Waals surface area contributed by atoms with Gasteiger partial charge in [0.15, 0.2) is 0 Å². The monoisotopic (exact) mass is 262 g/mol. The third-order valence-corrected chi connectivity index (χ3v) is 3.44. The van der Waals surface area contributed by atoms with Gasteiger partial charge in [0.1, 0.15) is 5.69 Å². The molecular formula is C14H18N2O3. The lowest BCUT2D eigenvalue weighted by Crippen LogP contribution is -2.34. The number of carbonyl (C=O) groups is 2. The van der Waals surface area contributed by atoms with Crippen molar-refractivity contribution in [2.24, 2.45) is 0 Å². The maximum Gasteiger partial charge on any atom is 0.354 e. The predicted molar refractivity (Wildman–Crippen MR) is 70.2 cm³/mol. The first kappa shape index (κ1) is 13.5. The van der Waals surface area contributed by atoms with E-state index in [2.05, 4.69) is 10.3 Å². The van der Waals surface area contributed by atoms with Gasteiger partial charge in [0.25, 0.3) is 5.91 Å². The number of aromatic nitrogens is 1. The standard InChI is InChI=1S/C14H18N2O3/c17-13(16-11-5-3-1-2-4-6-11)10-7-8-12(14(18)19)15-9-10/h7-9,11H,1-6H2,(H,16,17)(H,18,19). The Kier molecular flexibility index (Phi) is 4.49. The third-order valence-electron chi connectivity index (χ3n) is 3.44. The number of nitrogens with one attached hydrogen (secondary N) is 1. The van der Waals surface area contributed by atoms with E-state index in [9.17, 15) is 9.59 Å². The molecule has 0 saturated heterocycles. The van der Waals surface area contributed by atoms with Gasteiger partial charge in [-0.3, -0.25) is 4.79 Å². The average molecular weight is 262 g/mol. The normalized spacial score (nSPS) is 16.6. The van der Waals surface area contributed by atoms with Gasteiger partial charge in [-0.2, -0.15) is 0 Å². The fourth-order valence-electron chi connectivity index (χ4n) is 2.35. The van der Waals surface area contributed by atoms with Crippen LogP contribution < -0.4 is 5.32 Å². The molecule has 0 unspecified atom stereocenters. The number of hydrogen-bond acceptors (Lipinski definition) is 3.